The molecule has 3 fully saturated rings. The third kappa shape index (κ3) is 29.3. The molecule has 6 rings (SSSR count). The maximum atomic E-state index is 14.2. The highest BCUT2D eigenvalue weighted by molar-refractivity contribution is 7.80. The number of hydrogen-bond acceptors (Lipinski definition) is 23. The number of aliphatic hydroxyl groups is 4. The molecule has 21 N–H and O–H groups in total. The number of thiocarbonyl (C=S) groups is 3. The van der Waals surface area contributed by atoms with Crippen molar-refractivity contribution in [3.05, 3.63) is 89.5 Å². The van der Waals surface area contributed by atoms with Crippen molar-refractivity contribution in [3.8, 4) is 0 Å². The maximum absolute atomic E-state index is 14.2. The molecule has 0 aromatic heterocycles. The van der Waals surface area contributed by atoms with E-state index < -0.39 is 84.3 Å². The highest BCUT2D eigenvalue weighted by atomic mass is 32.1. The fourth-order valence-electron chi connectivity index (χ4n) is 11.9. The third-order valence-corrected chi connectivity index (χ3v) is 17.6. The number of nitrogens with zero attached hydrogens (tertiary/aromatic N) is 8. The van der Waals surface area contributed by atoms with Crippen LogP contribution in [0.2, 0.25) is 0 Å². The molecular formula is C63H94N18O16S3. The number of carboxylic acid groups (broad SMARTS) is 3. The average Bonchev–Trinajstić information content (AvgIpc) is 0.919. The number of nitrogens with two attached hydrogens (primary N) is 4. The summed E-state index contributed by atoms with van der Waals surface area (Å²) in [5.41, 5.74) is 26.9. The molecule has 0 spiro atoms. The van der Waals surface area contributed by atoms with E-state index in [0.717, 1.165) is 11.1 Å². The Morgan fingerprint density at radius 3 is 1.21 bits per heavy atom. The molecule has 7 atom stereocenters. The van der Waals surface area contributed by atoms with Crippen molar-refractivity contribution in [1.29, 1.82) is 0 Å². The van der Waals surface area contributed by atoms with E-state index in [4.69, 9.17) is 64.3 Å². The van der Waals surface area contributed by atoms with E-state index >= 15 is 0 Å². The van der Waals surface area contributed by atoms with Gasteiger partial charge in [0.05, 0.1) is 52.2 Å². The first-order valence-electron chi connectivity index (χ1n) is 32.5. The van der Waals surface area contributed by atoms with Gasteiger partial charge in [-0.15, -0.1) is 0 Å². The van der Waals surface area contributed by atoms with Gasteiger partial charge in [0.15, 0.2) is 21.6 Å². The Morgan fingerprint density at radius 2 is 0.790 bits per heavy atom. The van der Waals surface area contributed by atoms with Crippen LogP contribution in [0.25, 0.3) is 0 Å². The van der Waals surface area contributed by atoms with Crippen LogP contribution in [-0.2, 0) is 62.4 Å². The lowest BCUT2D eigenvalue weighted by Crippen LogP contribution is -2.60. The van der Waals surface area contributed by atoms with Gasteiger partial charge in [-0.3, -0.25) is 72.7 Å². The van der Waals surface area contributed by atoms with E-state index in [-0.39, 0.29) is 145 Å². The zero-order valence-corrected chi connectivity index (χ0v) is 57.9. The Hall–Kier alpha value is -7.99. The van der Waals surface area contributed by atoms with Crippen LogP contribution in [0.4, 0.5) is 17.1 Å². The molecule has 3 aromatic rings. The second-order valence-corrected chi connectivity index (χ2v) is 26.0. The molecule has 3 heterocycles. The second-order valence-electron chi connectivity index (χ2n) is 24.8. The molecular weight excluding hydrogens is 1360 g/mol. The van der Waals surface area contributed by atoms with Crippen LogP contribution in [0.15, 0.2) is 72.8 Å². The number of anilines is 3. The van der Waals surface area contributed by atoms with E-state index in [1.165, 1.54) is 0 Å². The van der Waals surface area contributed by atoms with Crippen molar-refractivity contribution in [1.82, 2.24) is 55.1 Å². The topological polar surface area (TPSA) is 490 Å². The van der Waals surface area contributed by atoms with Crippen LogP contribution in [0.3, 0.4) is 0 Å². The smallest absolute Gasteiger partial charge is 0.317 e. The number of nitrogens with one attached hydrogen (secondary N) is 6. The number of primary amides is 4. The Bertz CT molecular complexity index is 3240. The van der Waals surface area contributed by atoms with Gasteiger partial charge < -0.3 is 100 Å². The Balaban J connectivity index is 1.10. The molecule has 3 aliphatic heterocycles. The SMILES string of the molecule is NC(=O)CN1CCN(CC(N)=O)CCN(CC(N)=O)C(Cc2ccc(NC(=S)NCCN(CCNC(=S)Nc3ccc(CC4CN(CC(=O)O)CCN(CC(=O)O)CCN4CC(=O)O)cc3)C(=O)Cc3ccc(NC(=S)NCC4OC(O)C(O)C(O)C4O)cc3)cc2)CN(CC(N)=O)CC1. The average molecular weight is 1460 g/mol. The van der Waals surface area contributed by atoms with Crippen molar-refractivity contribution >= 4 is 116 Å². The normalized spacial score (nSPS) is 21.4. The number of amides is 5. The molecule has 550 valence electrons. The van der Waals surface area contributed by atoms with Gasteiger partial charge in [-0.25, -0.2) is 0 Å². The summed E-state index contributed by atoms with van der Waals surface area (Å²) in [4.78, 5) is 113. The van der Waals surface area contributed by atoms with Crippen molar-refractivity contribution in [2.45, 2.75) is 62.1 Å². The molecule has 34 nitrogen and oxygen atoms in total. The Kier molecular flexibility index (Phi) is 33.2. The first-order chi connectivity index (χ1) is 47.5. The zero-order chi connectivity index (χ0) is 73.0. The van der Waals surface area contributed by atoms with Gasteiger partial charge in [-0.2, -0.15) is 0 Å². The van der Waals surface area contributed by atoms with Crippen LogP contribution in [0, 0.1) is 0 Å². The van der Waals surface area contributed by atoms with E-state index in [1.54, 1.807) is 56.0 Å². The minimum Gasteiger partial charge on any atom is -0.480 e. The van der Waals surface area contributed by atoms with E-state index in [2.05, 4.69) is 31.9 Å². The third-order valence-electron chi connectivity index (χ3n) is 16.9. The van der Waals surface area contributed by atoms with Crippen molar-refractivity contribution in [2.75, 3.05) is 173 Å². The number of carboxylic acids is 3. The molecule has 5 amide bonds. The van der Waals surface area contributed by atoms with Crippen LogP contribution in [-0.4, -0.2) is 338 Å². The summed E-state index contributed by atoms with van der Waals surface area (Å²) >= 11 is 16.8. The maximum Gasteiger partial charge on any atom is 0.317 e. The lowest BCUT2D eigenvalue weighted by atomic mass is 9.99. The molecule has 0 aliphatic carbocycles. The fraction of sp³-hybridized carbons (Fsp3) is 0.540. The molecule has 37 heteroatoms. The van der Waals surface area contributed by atoms with E-state index in [1.807, 2.05) is 56.0 Å². The summed E-state index contributed by atoms with van der Waals surface area (Å²) in [6.07, 6.45) is -6.89. The Labute approximate surface area is 595 Å². The predicted molar refractivity (Wildman–Crippen MR) is 381 cm³/mol. The summed E-state index contributed by atoms with van der Waals surface area (Å²) in [5, 5.41) is 88.4. The summed E-state index contributed by atoms with van der Waals surface area (Å²) in [5.74, 6) is -5.67. The van der Waals surface area contributed by atoms with Crippen molar-refractivity contribution < 1.29 is 78.8 Å². The lowest BCUT2D eigenvalue weighted by Gasteiger charge is -2.38. The first kappa shape index (κ1) is 81.0. The van der Waals surface area contributed by atoms with Crippen LogP contribution >= 0.6 is 36.7 Å². The van der Waals surface area contributed by atoms with Gasteiger partial charge in [0, 0.05) is 140 Å². The van der Waals surface area contributed by atoms with E-state index in [9.17, 15) is 74.1 Å². The molecule has 3 saturated heterocycles. The number of benzene rings is 3. The monoisotopic (exact) mass is 1450 g/mol. The van der Waals surface area contributed by atoms with Gasteiger partial charge >= 0.3 is 17.9 Å². The van der Waals surface area contributed by atoms with Gasteiger partial charge in [-0.05, 0) is 103 Å². The van der Waals surface area contributed by atoms with Crippen LogP contribution in [0.5, 0.6) is 0 Å². The van der Waals surface area contributed by atoms with Gasteiger partial charge in [0.25, 0.3) is 0 Å². The molecule has 0 radical (unpaired) electrons. The highest BCUT2D eigenvalue weighted by Gasteiger charge is 2.43. The minimum absolute atomic E-state index is 0.0101. The highest BCUT2D eigenvalue weighted by Crippen LogP contribution is 2.22. The number of carbonyl (C=O) groups is 8. The molecule has 0 bridgehead atoms. The van der Waals surface area contributed by atoms with E-state index in [0.29, 0.717) is 74.7 Å². The Morgan fingerprint density at radius 1 is 0.440 bits per heavy atom. The lowest BCUT2D eigenvalue weighted by molar-refractivity contribution is -0.279. The quantitative estimate of drug-likeness (QED) is 0.0267. The second kappa shape index (κ2) is 41.1. The fourth-order valence-corrected chi connectivity index (χ4v) is 12.5. The van der Waals surface area contributed by atoms with Crippen LogP contribution in [0.1, 0.15) is 16.7 Å². The molecule has 3 aromatic carbocycles. The minimum atomic E-state index is -1.71. The molecule has 100 heavy (non-hydrogen) atoms. The summed E-state index contributed by atoms with van der Waals surface area (Å²) in [6.45, 7) is 3.02. The predicted octanol–water partition coefficient (Wildman–Crippen LogP) is -5.72. The number of aliphatic carboxylic acids is 3. The summed E-state index contributed by atoms with van der Waals surface area (Å²) < 4.78 is 5.22. The van der Waals surface area contributed by atoms with Gasteiger partial charge in [0.1, 0.15) is 24.4 Å². The number of aliphatic hydroxyl groups excluding tert-OH is 4. The number of ether oxygens (including phenoxy) is 1. The van der Waals surface area contributed by atoms with Crippen molar-refractivity contribution in [3.63, 3.8) is 0 Å². The van der Waals surface area contributed by atoms with Crippen LogP contribution < -0.4 is 54.8 Å². The standard InChI is InChI=1S/C63H94N18O16S3/c64-49(82)33-74-17-18-75(34-50(65)83)23-25-80(36-52(67)85)46(31-77(21-19-74)35-51(66)84)27-40-1-7-43(8-2-40)71-61(98)68-13-15-79(53(86)29-42-5-11-45(12-6-42)73-63(100)70-30-48-57(93)58(94)59(95)60(96)97-48)16-14-69-62(99)72-44-9-3-41(4-10-44)28-47-32-78(38-55(89)90)22-20-76(37-54(87)88)24-26-81(47)39-56(91)92/h1-12,46-48,57-60,93-96H,13-39H2,(H2,64,82)(H2,65,83)(H2,66,84)(H2,67,85)(H,87,88)(H,89,90)(H,91,92)(H2,68,71,98)(H2,69,72,99)(H2,70,73,100). The molecule has 7 unspecified atom stereocenters. The first-order valence-corrected chi connectivity index (χ1v) is 33.7. The zero-order valence-electron chi connectivity index (χ0n) is 55.5. The molecule has 3 aliphatic rings. The number of hydrogen-bond donors (Lipinski definition) is 17. The van der Waals surface area contributed by atoms with Gasteiger partial charge in [0.2, 0.25) is 29.5 Å². The number of rotatable bonds is 31. The largest absolute Gasteiger partial charge is 0.480 e. The summed E-state index contributed by atoms with van der Waals surface area (Å²) in [6, 6.07) is 20.8. The summed E-state index contributed by atoms with van der Waals surface area (Å²) in [7, 11) is 0. The molecule has 0 saturated carbocycles. The number of carbonyl (C=O) groups excluding carboxylic acids is 5. The van der Waals surface area contributed by atoms with Gasteiger partial charge in [-0.1, -0.05) is 36.4 Å². The van der Waals surface area contributed by atoms with Crippen molar-refractivity contribution in [2.24, 2.45) is 22.9 Å².